The molecule has 22 heavy (non-hydrogen) atoms. The fraction of sp³-hybridized carbons (Fsp3) is 0.375. The van der Waals surface area contributed by atoms with Crippen molar-refractivity contribution < 1.29 is 4.79 Å². The second kappa shape index (κ2) is 6.54. The predicted molar refractivity (Wildman–Crippen MR) is 89.0 cm³/mol. The van der Waals surface area contributed by atoms with Crippen LogP contribution in [0, 0.1) is 0 Å². The zero-order valence-electron chi connectivity index (χ0n) is 12.8. The number of piperazine rings is 1. The quantitative estimate of drug-likeness (QED) is 0.880. The number of para-hydroxylation sites is 1. The molecule has 6 heteroatoms. The number of carbonyl (C=O) groups excluding carboxylic acids is 1. The second-order valence-electron chi connectivity index (χ2n) is 5.56. The van der Waals surface area contributed by atoms with Gasteiger partial charge in [-0.1, -0.05) is 12.1 Å². The van der Waals surface area contributed by atoms with Crippen molar-refractivity contribution in [3.8, 4) is 0 Å². The van der Waals surface area contributed by atoms with Crippen molar-refractivity contribution in [2.24, 2.45) is 0 Å². The van der Waals surface area contributed by atoms with E-state index in [-0.39, 0.29) is 11.9 Å². The van der Waals surface area contributed by atoms with Gasteiger partial charge >= 0.3 is 0 Å². The summed E-state index contributed by atoms with van der Waals surface area (Å²) in [6.45, 7) is 4.17. The Labute approximate surface area is 134 Å². The van der Waals surface area contributed by atoms with Crippen LogP contribution in [0.25, 0.3) is 0 Å². The molecule has 1 aromatic heterocycles. The molecule has 1 aromatic carbocycles. The monoisotopic (exact) mass is 316 g/mol. The SMILES string of the molecule is CSc1ccccc1N1C(=O)CN(Cc2cn[nH]c2)CC1C. The molecule has 0 spiro atoms. The van der Waals surface area contributed by atoms with Gasteiger partial charge in [-0.3, -0.25) is 14.8 Å². The molecule has 0 bridgehead atoms. The van der Waals surface area contributed by atoms with Crippen LogP contribution in [0.15, 0.2) is 41.6 Å². The maximum atomic E-state index is 12.7. The lowest BCUT2D eigenvalue weighted by molar-refractivity contribution is -0.122. The van der Waals surface area contributed by atoms with E-state index in [0.717, 1.165) is 29.2 Å². The van der Waals surface area contributed by atoms with E-state index in [4.69, 9.17) is 0 Å². The van der Waals surface area contributed by atoms with Crippen molar-refractivity contribution in [3.63, 3.8) is 0 Å². The second-order valence-corrected chi connectivity index (χ2v) is 6.41. The van der Waals surface area contributed by atoms with E-state index in [1.54, 1.807) is 11.8 Å². The Morgan fingerprint density at radius 2 is 2.23 bits per heavy atom. The highest BCUT2D eigenvalue weighted by Crippen LogP contribution is 2.31. The van der Waals surface area contributed by atoms with Crippen molar-refractivity contribution in [1.82, 2.24) is 15.1 Å². The number of hydrogen-bond donors (Lipinski definition) is 1. The summed E-state index contributed by atoms with van der Waals surface area (Å²) in [5.74, 6) is 0.156. The van der Waals surface area contributed by atoms with Crippen LogP contribution in [-0.2, 0) is 11.3 Å². The van der Waals surface area contributed by atoms with Crippen LogP contribution < -0.4 is 4.90 Å². The Kier molecular flexibility index (Phi) is 4.49. The van der Waals surface area contributed by atoms with Gasteiger partial charge in [-0.2, -0.15) is 5.10 Å². The summed E-state index contributed by atoms with van der Waals surface area (Å²) in [5, 5.41) is 6.78. The number of aromatic amines is 1. The number of nitrogens with zero attached hydrogens (tertiary/aromatic N) is 3. The van der Waals surface area contributed by atoms with Gasteiger partial charge in [0.1, 0.15) is 0 Å². The van der Waals surface area contributed by atoms with Crippen LogP contribution in [-0.4, -0.2) is 46.4 Å². The number of hydrogen-bond acceptors (Lipinski definition) is 4. The maximum absolute atomic E-state index is 12.7. The molecular formula is C16H20N4OS. The number of anilines is 1. The molecule has 1 atom stereocenters. The molecule has 1 fully saturated rings. The van der Waals surface area contributed by atoms with Crippen molar-refractivity contribution in [3.05, 3.63) is 42.2 Å². The van der Waals surface area contributed by atoms with Crippen molar-refractivity contribution in [1.29, 1.82) is 0 Å². The summed E-state index contributed by atoms with van der Waals surface area (Å²) in [6.07, 6.45) is 5.73. The Morgan fingerprint density at radius 1 is 1.41 bits per heavy atom. The molecule has 1 aliphatic heterocycles. The highest BCUT2D eigenvalue weighted by Gasteiger charge is 2.31. The number of rotatable bonds is 4. The fourth-order valence-electron chi connectivity index (χ4n) is 2.98. The van der Waals surface area contributed by atoms with E-state index in [0.29, 0.717) is 6.54 Å². The van der Waals surface area contributed by atoms with Crippen LogP contribution in [0.5, 0.6) is 0 Å². The van der Waals surface area contributed by atoms with Crippen molar-refractivity contribution in [2.45, 2.75) is 24.4 Å². The number of nitrogens with one attached hydrogen (secondary N) is 1. The fourth-order valence-corrected chi connectivity index (χ4v) is 3.57. The first-order valence-electron chi connectivity index (χ1n) is 7.34. The maximum Gasteiger partial charge on any atom is 0.241 e. The highest BCUT2D eigenvalue weighted by atomic mass is 32.2. The Morgan fingerprint density at radius 3 is 2.91 bits per heavy atom. The van der Waals surface area contributed by atoms with Gasteiger partial charge in [0.25, 0.3) is 0 Å². The molecule has 0 saturated carbocycles. The van der Waals surface area contributed by atoms with E-state index in [2.05, 4.69) is 28.1 Å². The molecule has 3 rings (SSSR count). The minimum atomic E-state index is 0.154. The van der Waals surface area contributed by atoms with Gasteiger partial charge in [0.05, 0.1) is 18.4 Å². The molecule has 1 N–H and O–H groups in total. The van der Waals surface area contributed by atoms with Gasteiger partial charge < -0.3 is 4.90 Å². The van der Waals surface area contributed by atoms with Gasteiger partial charge in [0.15, 0.2) is 0 Å². The minimum absolute atomic E-state index is 0.154. The van der Waals surface area contributed by atoms with Crippen molar-refractivity contribution >= 4 is 23.4 Å². The summed E-state index contributed by atoms with van der Waals surface area (Å²) < 4.78 is 0. The molecule has 1 saturated heterocycles. The van der Waals surface area contributed by atoms with E-state index in [1.807, 2.05) is 41.7 Å². The number of thioether (sulfide) groups is 1. The van der Waals surface area contributed by atoms with Crippen LogP contribution in [0.1, 0.15) is 12.5 Å². The predicted octanol–water partition coefficient (Wildman–Crippen LogP) is 2.37. The lowest BCUT2D eigenvalue weighted by Gasteiger charge is -2.40. The molecule has 5 nitrogen and oxygen atoms in total. The lowest BCUT2D eigenvalue weighted by atomic mass is 10.1. The number of carbonyl (C=O) groups is 1. The van der Waals surface area contributed by atoms with E-state index >= 15 is 0 Å². The summed E-state index contributed by atoms with van der Waals surface area (Å²) in [4.78, 5) is 17.9. The van der Waals surface area contributed by atoms with Gasteiger partial charge in [-0.15, -0.1) is 11.8 Å². The molecular weight excluding hydrogens is 296 g/mol. The number of aromatic nitrogens is 2. The molecule has 116 valence electrons. The highest BCUT2D eigenvalue weighted by molar-refractivity contribution is 7.98. The number of H-pyrrole nitrogens is 1. The zero-order valence-corrected chi connectivity index (χ0v) is 13.6. The first kappa shape index (κ1) is 15.1. The van der Waals surface area contributed by atoms with Gasteiger partial charge in [0, 0.05) is 35.8 Å². The molecule has 2 aromatic rings. The minimum Gasteiger partial charge on any atom is -0.306 e. The lowest BCUT2D eigenvalue weighted by Crippen LogP contribution is -2.55. The molecule has 0 radical (unpaired) electrons. The molecule has 1 amide bonds. The first-order valence-corrected chi connectivity index (χ1v) is 8.56. The van der Waals surface area contributed by atoms with Crippen LogP contribution in [0.3, 0.4) is 0 Å². The topological polar surface area (TPSA) is 52.2 Å². The average Bonchev–Trinajstić information content (AvgIpc) is 3.00. The summed E-state index contributed by atoms with van der Waals surface area (Å²) in [6, 6.07) is 8.26. The molecule has 1 unspecified atom stereocenters. The van der Waals surface area contributed by atoms with Gasteiger partial charge in [-0.25, -0.2) is 0 Å². The van der Waals surface area contributed by atoms with Crippen LogP contribution >= 0.6 is 11.8 Å². The largest absolute Gasteiger partial charge is 0.306 e. The van der Waals surface area contributed by atoms with Crippen LogP contribution in [0.4, 0.5) is 5.69 Å². The Bertz CT molecular complexity index is 643. The van der Waals surface area contributed by atoms with Crippen LogP contribution in [0.2, 0.25) is 0 Å². The van der Waals surface area contributed by atoms with Gasteiger partial charge in [-0.05, 0) is 25.3 Å². The summed E-state index contributed by atoms with van der Waals surface area (Å²) in [5.41, 5.74) is 2.13. The third kappa shape index (κ3) is 3.03. The third-order valence-corrected chi connectivity index (χ3v) is 4.68. The number of benzene rings is 1. The molecule has 1 aliphatic rings. The third-order valence-electron chi connectivity index (χ3n) is 3.90. The standard InChI is InChI=1S/C16H20N4OS/c1-12-9-19(10-13-7-17-18-8-13)11-16(21)20(12)14-5-3-4-6-15(14)22-2/h3-8,12H,9-11H2,1-2H3,(H,17,18). The molecule has 0 aliphatic carbocycles. The van der Waals surface area contributed by atoms with E-state index in [9.17, 15) is 4.79 Å². The summed E-state index contributed by atoms with van der Waals surface area (Å²) in [7, 11) is 0. The summed E-state index contributed by atoms with van der Waals surface area (Å²) >= 11 is 1.68. The normalized spacial score (nSPS) is 19.6. The van der Waals surface area contributed by atoms with Gasteiger partial charge in [0.2, 0.25) is 5.91 Å². The smallest absolute Gasteiger partial charge is 0.241 e. The van der Waals surface area contributed by atoms with E-state index < -0.39 is 0 Å². The Balaban J connectivity index is 1.77. The first-order chi connectivity index (χ1) is 10.7. The van der Waals surface area contributed by atoms with E-state index in [1.165, 1.54) is 0 Å². The Hall–Kier alpha value is -1.79. The average molecular weight is 316 g/mol. The van der Waals surface area contributed by atoms with Crippen molar-refractivity contribution in [2.75, 3.05) is 24.2 Å². The molecule has 2 heterocycles. The number of amides is 1. The zero-order chi connectivity index (χ0) is 15.5.